The first-order valence-electron chi connectivity index (χ1n) is 9.11. The topological polar surface area (TPSA) is 34.0 Å². The molecular weight excluding hydrogens is 296 g/mol. The molecule has 1 aromatic carbocycles. The van der Waals surface area contributed by atoms with Crippen molar-refractivity contribution in [3.05, 3.63) is 52.8 Å². The number of rotatable bonds is 4. The van der Waals surface area contributed by atoms with E-state index in [1.807, 2.05) is 19.1 Å². The maximum atomic E-state index is 12.2. The maximum Gasteiger partial charge on any atom is 0.251 e. The molecule has 0 fully saturated rings. The predicted octanol–water partition coefficient (Wildman–Crippen LogP) is 4.44. The molecular formula is C21H28N2O. The highest BCUT2D eigenvalue weighted by Gasteiger charge is 2.21. The third kappa shape index (κ3) is 3.26. The van der Waals surface area contributed by atoms with Crippen LogP contribution in [0.2, 0.25) is 0 Å². The van der Waals surface area contributed by atoms with Crippen LogP contribution in [0.15, 0.2) is 30.3 Å². The molecule has 0 radical (unpaired) electrons. The molecule has 3 rings (SSSR count). The van der Waals surface area contributed by atoms with E-state index in [4.69, 9.17) is 0 Å². The van der Waals surface area contributed by atoms with Gasteiger partial charge in [0.2, 0.25) is 0 Å². The summed E-state index contributed by atoms with van der Waals surface area (Å²) in [5.74, 6) is 0.787. The van der Waals surface area contributed by atoms with Gasteiger partial charge in [-0.25, -0.2) is 0 Å². The number of nitrogens with zero attached hydrogens (tertiary/aromatic N) is 1. The minimum atomic E-state index is 0.0102. The third-order valence-electron chi connectivity index (χ3n) is 5.20. The fourth-order valence-electron chi connectivity index (χ4n) is 3.60. The zero-order chi connectivity index (χ0) is 17.3. The average Bonchev–Trinajstić information content (AvgIpc) is 2.89. The van der Waals surface area contributed by atoms with Crippen LogP contribution >= 0.6 is 0 Å². The van der Waals surface area contributed by atoms with Crippen LogP contribution in [0.1, 0.15) is 60.9 Å². The SMILES string of the molecule is CC[C@H](C)NC(=O)c1ccc(-n2c(C)cc3c2CC[C@@H](C)C3)cc1. The number of nitrogens with one attached hydrogen (secondary N) is 1. The normalized spacial score (nSPS) is 18.1. The standard InChI is InChI=1S/C21H28N2O/c1-5-15(3)22-21(24)17-7-9-19(10-8-17)23-16(4)13-18-12-14(2)6-11-20(18)23/h7-10,13-15H,5-6,11-12H2,1-4H3,(H,22,24)/t14-,15+/m1/s1. The molecule has 0 saturated heterocycles. The zero-order valence-electron chi connectivity index (χ0n) is 15.2. The summed E-state index contributed by atoms with van der Waals surface area (Å²) in [4.78, 5) is 12.2. The fraction of sp³-hybridized carbons (Fsp3) is 0.476. The smallest absolute Gasteiger partial charge is 0.251 e. The second-order valence-corrected chi connectivity index (χ2v) is 7.27. The second kappa shape index (κ2) is 6.84. The molecule has 0 bridgehead atoms. The Kier molecular flexibility index (Phi) is 4.79. The number of carbonyl (C=O) groups is 1. The van der Waals surface area contributed by atoms with E-state index in [0.717, 1.165) is 30.0 Å². The first kappa shape index (κ1) is 16.8. The average molecular weight is 324 g/mol. The minimum Gasteiger partial charge on any atom is -0.350 e. The van der Waals surface area contributed by atoms with Crippen molar-refractivity contribution < 1.29 is 4.79 Å². The Labute approximate surface area is 145 Å². The molecule has 3 heteroatoms. The summed E-state index contributed by atoms with van der Waals surface area (Å²) in [6.45, 7) is 8.61. The molecule has 2 atom stereocenters. The molecule has 24 heavy (non-hydrogen) atoms. The molecule has 1 N–H and O–H groups in total. The summed E-state index contributed by atoms with van der Waals surface area (Å²) in [7, 11) is 0. The number of benzene rings is 1. The number of hydrogen-bond acceptors (Lipinski definition) is 1. The van der Waals surface area contributed by atoms with Gasteiger partial charge in [0.15, 0.2) is 0 Å². The van der Waals surface area contributed by atoms with E-state index >= 15 is 0 Å². The van der Waals surface area contributed by atoms with Gasteiger partial charge in [0, 0.05) is 28.7 Å². The lowest BCUT2D eigenvalue weighted by Gasteiger charge is -2.21. The van der Waals surface area contributed by atoms with Gasteiger partial charge in [-0.1, -0.05) is 13.8 Å². The van der Waals surface area contributed by atoms with Crippen molar-refractivity contribution in [2.45, 2.75) is 59.4 Å². The van der Waals surface area contributed by atoms with Crippen molar-refractivity contribution in [3.63, 3.8) is 0 Å². The van der Waals surface area contributed by atoms with Crippen molar-refractivity contribution in [1.29, 1.82) is 0 Å². The van der Waals surface area contributed by atoms with Gasteiger partial charge in [0.1, 0.15) is 0 Å². The Balaban J connectivity index is 1.86. The summed E-state index contributed by atoms with van der Waals surface area (Å²) in [5.41, 5.74) is 6.10. The van der Waals surface area contributed by atoms with Crippen LogP contribution in [0, 0.1) is 12.8 Å². The van der Waals surface area contributed by atoms with Crippen molar-refractivity contribution in [2.24, 2.45) is 5.92 Å². The van der Waals surface area contributed by atoms with Crippen LogP contribution in [-0.2, 0) is 12.8 Å². The molecule has 1 amide bonds. The summed E-state index contributed by atoms with van der Waals surface area (Å²) < 4.78 is 2.36. The summed E-state index contributed by atoms with van der Waals surface area (Å²) >= 11 is 0. The van der Waals surface area contributed by atoms with Crippen molar-refractivity contribution in [3.8, 4) is 5.69 Å². The predicted molar refractivity (Wildman–Crippen MR) is 98.9 cm³/mol. The van der Waals surface area contributed by atoms with Crippen LogP contribution in [-0.4, -0.2) is 16.5 Å². The van der Waals surface area contributed by atoms with Gasteiger partial charge in [0.05, 0.1) is 0 Å². The number of hydrogen-bond donors (Lipinski definition) is 1. The molecule has 0 saturated carbocycles. The Morgan fingerprint density at radius 1 is 1.33 bits per heavy atom. The largest absolute Gasteiger partial charge is 0.350 e. The Hall–Kier alpha value is -2.03. The van der Waals surface area contributed by atoms with Crippen LogP contribution in [0.25, 0.3) is 5.69 Å². The van der Waals surface area contributed by atoms with Crippen molar-refractivity contribution in [1.82, 2.24) is 9.88 Å². The Bertz CT molecular complexity index is 727. The van der Waals surface area contributed by atoms with Crippen LogP contribution in [0.4, 0.5) is 0 Å². The lowest BCUT2D eigenvalue weighted by Crippen LogP contribution is -2.31. The van der Waals surface area contributed by atoms with E-state index in [0.29, 0.717) is 0 Å². The number of carbonyl (C=O) groups excluding carboxylic acids is 1. The van der Waals surface area contributed by atoms with Crippen LogP contribution in [0.5, 0.6) is 0 Å². The van der Waals surface area contributed by atoms with Crippen molar-refractivity contribution in [2.75, 3.05) is 0 Å². The molecule has 0 unspecified atom stereocenters. The highest BCUT2D eigenvalue weighted by Crippen LogP contribution is 2.30. The molecule has 0 aliphatic heterocycles. The summed E-state index contributed by atoms with van der Waals surface area (Å²) in [6, 6.07) is 10.5. The first-order chi connectivity index (χ1) is 11.5. The highest BCUT2D eigenvalue weighted by molar-refractivity contribution is 5.94. The van der Waals surface area contributed by atoms with Gasteiger partial charge >= 0.3 is 0 Å². The van der Waals surface area contributed by atoms with Gasteiger partial charge in [-0.2, -0.15) is 0 Å². The lowest BCUT2D eigenvalue weighted by molar-refractivity contribution is 0.0939. The van der Waals surface area contributed by atoms with Gasteiger partial charge < -0.3 is 9.88 Å². The number of amides is 1. The fourth-order valence-corrected chi connectivity index (χ4v) is 3.60. The quantitative estimate of drug-likeness (QED) is 0.886. The van der Waals surface area contributed by atoms with E-state index in [1.165, 1.54) is 29.8 Å². The van der Waals surface area contributed by atoms with Crippen LogP contribution < -0.4 is 5.32 Å². The van der Waals surface area contributed by atoms with E-state index in [1.54, 1.807) is 0 Å². The Morgan fingerprint density at radius 2 is 2.04 bits per heavy atom. The summed E-state index contributed by atoms with van der Waals surface area (Å²) in [5, 5.41) is 3.02. The maximum absolute atomic E-state index is 12.2. The lowest BCUT2D eigenvalue weighted by atomic mass is 9.89. The number of aryl methyl sites for hydroxylation is 1. The molecule has 1 aliphatic rings. The van der Waals surface area contributed by atoms with Gasteiger partial charge in [-0.05, 0) is 81.3 Å². The van der Waals surface area contributed by atoms with Gasteiger partial charge in [-0.15, -0.1) is 0 Å². The number of fused-ring (bicyclic) bond motifs is 1. The van der Waals surface area contributed by atoms with Gasteiger partial charge in [0.25, 0.3) is 5.91 Å². The first-order valence-corrected chi connectivity index (χ1v) is 9.11. The Morgan fingerprint density at radius 3 is 2.71 bits per heavy atom. The minimum absolute atomic E-state index is 0.0102. The monoisotopic (exact) mass is 324 g/mol. The molecule has 1 aromatic heterocycles. The summed E-state index contributed by atoms with van der Waals surface area (Å²) in [6.07, 6.45) is 4.52. The van der Waals surface area contributed by atoms with E-state index in [-0.39, 0.29) is 11.9 Å². The molecule has 3 nitrogen and oxygen atoms in total. The van der Waals surface area contributed by atoms with E-state index in [2.05, 4.69) is 48.9 Å². The molecule has 0 spiro atoms. The van der Waals surface area contributed by atoms with Crippen molar-refractivity contribution >= 4 is 5.91 Å². The zero-order valence-corrected chi connectivity index (χ0v) is 15.2. The van der Waals surface area contributed by atoms with Crippen LogP contribution in [0.3, 0.4) is 0 Å². The second-order valence-electron chi connectivity index (χ2n) is 7.27. The van der Waals surface area contributed by atoms with E-state index < -0.39 is 0 Å². The molecule has 1 aliphatic carbocycles. The molecule has 1 heterocycles. The van der Waals surface area contributed by atoms with E-state index in [9.17, 15) is 4.79 Å². The molecule has 2 aromatic rings. The van der Waals surface area contributed by atoms with Gasteiger partial charge in [-0.3, -0.25) is 4.79 Å². The molecule has 128 valence electrons. The third-order valence-corrected chi connectivity index (χ3v) is 5.20. The highest BCUT2D eigenvalue weighted by atomic mass is 16.1. The number of aromatic nitrogens is 1.